The van der Waals surface area contributed by atoms with Gasteiger partial charge in [-0.3, -0.25) is 0 Å². The lowest BCUT2D eigenvalue weighted by atomic mass is 10.2. The van der Waals surface area contributed by atoms with Crippen molar-refractivity contribution >= 4 is 34.1 Å². The van der Waals surface area contributed by atoms with Crippen LogP contribution in [-0.4, -0.2) is 9.97 Å². The highest BCUT2D eigenvalue weighted by Crippen LogP contribution is 2.30. The molecule has 3 aromatic rings. The van der Waals surface area contributed by atoms with Crippen LogP contribution in [-0.2, 0) is 0 Å². The van der Waals surface area contributed by atoms with Crippen LogP contribution in [0.25, 0.3) is 10.9 Å². The standard InChI is InChI=1S/C14H7Cl2FN2O/c15-8-1-3-10-13(5-8)18-7-19-14(10)20-9-2-4-12(17)11(16)6-9/h1-7H. The van der Waals surface area contributed by atoms with Gasteiger partial charge in [0.05, 0.1) is 15.9 Å². The van der Waals surface area contributed by atoms with Gasteiger partial charge in [0.1, 0.15) is 17.9 Å². The van der Waals surface area contributed by atoms with Gasteiger partial charge < -0.3 is 4.74 Å². The molecular formula is C14H7Cl2FN2O. The Labute approximate surface area is 123 Å². The molecule has 0 N–H and O–H groups in total. The summed E-state index contributed by atoms with van der Waals surface area (Å²) in [4.78, 5) is 8.19. The molecular weight excluding hydrogens is 302 g/mol. The van der Waals surface area contributed by atoms with E-state index in [1.807, 2.05) is 0 Å². The fraction of sp³-hybridized carbons (Fsp3) is 0. The maximum Gasteiger partial charge on any atom is 0.230 e. The van der Waals surface area contributed by atoms with Gasteiger partial charge in [-0.25, -0.2) is 14.4 Å². The van der Waals surface area contributed by atoms with Crippen molar-refractivity contribution in [1.82, 2.24) is 9.97 Å². The van der Waals surface area contributed by atoms with Gasteiger partial charge in [0.2, 0.25) is 5.88 Å². The maximum absolute atomic E-state index is 13.1. The van der Waals surface area contributed by atoms with Gasteiger partial charge >= 0.3 is 0 Å². The van der Waals surface area contributed by atoms with Crippen molar-refractivity contribution in [2.45, 2.75) is 0 Å². The second-order valence-electron chi connectivity index (χ2n) is 4.02. The Bertz CT molecular complexity index is 795. The van der Waals surface area contributed by atoms with E-state index < -0.39 is 5.82 Å². The summed E-state index contributed by atoms with van der Waals surface area (Å²) in [5.41, 5.74) is 0.663. The summed E-state index contributed by atoms with van der Waals surface area (Å²) in [5.74, 6) is 0.249. The predicted molar refractivity (Wildman–Crippen MR) is 76.0 cm³/mol. The number of nitrogens with zero attached hydrogens (tertiary/aromatic N) is 2. The molecule has 0 amide bonds. The molecule has 0 bridgehead atoms. The van der Waals surface area contributed by atoms with E-state index >= 15 is 0 Å². The lowest BCUT2D eigenvalue weighted by Crippen LogP contribution is -1.92. The smallest absolute Gasteiger partial charge is 0.230 e. The van der Waals surface area contributed by atoms with E-state index in [9.17, 15) is 4.39 Å². The summed E-state index contributed by atoms with van der Waals surface area (Å²) in [6.07, 6.45) is 1.37. The molecule has 6 heteroatoms. The first kappa shape index (κ1) is 13.1. The monoisotopic (exact) mass is 308 g/mol. The molecule has 20 heavy (non-hydrogen) atoms. The number of aromatic nitrogens is 2. The van der Waals surface area contributed by atoms with Crippen molar-refractivity contribution in [2.75, 3.05) is 0 Å². The van der Waals surface area contributed by atoms with Crippen molar-refractivity contribution in [3.8, 4) is 11.6 Å². The summed E-state index contributed by atoms with van der Waals surface area (Å²) in [7, 11) is 0. The van der Waals surface area contributed by atoms with Crippen molar-refractivity contribution in [2.24, 2.45) is 0 Å². The summed E-state index contributed by atoms with van der Waals surface area (Å²) >= 11 is 11.6. The van der Waals surface area contributed by atoms with E-state index in [0.717, 1.165) is 0 Å². The van der Waals surface area contributed by atoms with Gasteiger partial charge in [0.15, 0.2) is 0 Å². The van der Waals surface area contributed by atoms with Crippen LogP contribution in [0.1, 0.15) is 0 Å². The molecule has 100 valence electrons. The highest BCUT2D eigenvalue weighted by Gasteiger charge is 2.08. The van der Waals surface area contributed by atoms with Crippen LogP contribution >= 0.6 is 23.2 Å². The fourth-order valence-electron chi connectivity index (χ4n) is 1.74. The van der Waals surface area contributed by atoms with Crippen molar-refractivity contribution in [3.05, 3.63) is 58.6 Å². The molecule has 0 aliphatic rings. The SMILES string of the molecule is Fc1ccc(Oc2ncnc3cc(Cl)ccc23)cc1Cl. The number of rotatable bonds is 2. The molecule has 0 spiro atoms. The normalized spacial score (nSPS) is 10.8. The average molecular weight is 309 g/mol. The molecule has 0 fully saturated rings. The molecule has 3 nitrogen and oxygen atoms in total. The number of fused-ring (bicyclic) bond motifs is 1. The van der Waals surface area contributed by atoms with E-state index in [0.29, 0.717) is 27.6 Å². The molecule has 0 unspecified atom stereocenters. The average Bonchev–Trinajstić information content (AvgIpc) is 2.43. The number of ether oxygens (including phenoxy) is 1. The highest BCUT2D eigenvalue weighted by atomic mass is 35.5. The lowest BCUT2D eigenvalue weighted by Gasteiger charge is -2.08. The number of halogens is 3. The predicted octanol–water partition coefficient (Wildman–Crippen LogP) is 4.87. The number of benzene rings is 2. The van der Waals surface area contributed by atoms with Crippen molar-refractivity contribution < 1.29 is 9.13 Å². The van der Waals surface area contributed by atoms with E-state index in [1.54, 1.807) is 18.2 Å². The number of hydrogen-bond donors (Lipinski definition) is 0. The Morgan fingerprint density at radius 2 is 1.85 bits per heavy atom. The summed E-state index contributed by atoms with van der Waals surface area (Å²) in [5, 5.41) is 1.27. The minimum absolute atomic E-state index is 0.0103. The van der Waals surface area contributed by atoms with Crippen LogP contribution in [0.3, 0.4) is 0 Å². The topological polar surface area (TPSA) is 35.0 Å². The van der Waals surface area contributed by atoms with Crippen molar-refractivity contribution in [3.63, 3.8) is 0 Å². The third-order valence-electron chi connectivity index (χ3n) is 2.67. The molecule has 2 aromatic carbocycles. The van der Waals surface area contributed by atoms with E-state index in [1.165, 1.54) is 24.5 Å². The Hall–Kier alpha value is -1.91. The quantitative estimate of drug-likeness (QED) is 0.677. The summed E-state index contributed by atoms with van der Waals surface area (Å²) < 4.78 is 18.7. The molecule has 0 radical (unpaired) electrons. The minimum atomic E-state index is -0.502. The van der Waals surface area contributed by atoms with Gasteiger partial charge in [0.25, 0.3) is 0 Å². The largest absolute Gasteiger partial charge is 0.438 e. The molecule has 0 aliphatic carbocycles. The molecule has 0 atom stereocenters. The van der Waals surface area contributed by atoms with Gasteiger partial charge in [-0.05, 0) is 30.3 Å². The van der Waals surface area contributed by atoms with E-state index in [4.69, 9.17) is 27.9 Å². The Balaban J connectivity index is 2.04. The number of hydrogen-bond acceptors (Lipinski definition) is 3. The van der Waals surface area contributed by atoms with Gasteiger partial charge in [-0.2, -0.15) is 0 Å². The first-order valence-corrected chi connectivity index (χ1v) is 6.42. The van der Waals surface area contributed by atoms with E-state index in [-0.39, 0.29) is 5.02 Å². The van der Waals surface area contributed by atoms with Crippen LogP contribution in [0.5, 0.6) is 11.6 Å². The van der Waals surface area contributed by atoms with Gasteiger partial charge in [-0.15, -0.1) is 0 Å². The Morgan fingerprint density at radius 1 is 1.00 bits per heavy atom. The highest BCUT2D eigenvalue weighted by molar-refractivity contribution is 6.31. The van der Waals surface area contributed by atoms with E-state index in [2.05, 4.69) is 9.97 Å². The second-order valence-corrected chi connectivity index (χ2v) is 4.86. The van der Waals surface area contributed by atoms with Crippen molar-refractivity contribution in [1.29, 1.82) is 0 Å². The minimum Gasteiger partial charge on any atom is -0.438 e. The first-order valence-electron chi connectivity index (χ1n) is 5.66. The molecule has 1 heterocycles. The zero-order valence-corrected chi connectivity index (χ0v) is 11.5. The first-order chi connectivity index (χ1) is 9.63. The molecule has 0 aliphatic heterocycles. The van der Waals surface area contributed by atoms with Crippen LogP contribution in [0, 0.1) is 5.82 Å². The molecule has 0 saturated carbocycles. The second kappa shape index (κ2) is 5.23. The van der Waals surface area contributed by atoms with Crippen LogP contribution in [0.4, 0.5) is 4.39 Å². The molecule has 3 rings (SSSR count). The molecule has 1 aromatic heterocycles. The zero-order valence-electron chi connectivity index (χ0n) is 9.98. The fourth-order valence-corrected chi connectivity index (χ4v) is 2.08. The van der Waals surface area contributed by atoms with Crippen LogP contribution in [0.2, 0.25) is 10.0 Å². The maximum atomic E-state index is 13.1. The Kier molecular flexibility index (Phi) is 3.42. The van der Waals surface area contributed by atoms with Gasteiger partial charge in [-0.1, -0.05) is 23.2 Å². The Morgan fingerprint density at radius 3 is 2.65 bits per heavy atom. The van der Waals surface area contributed by atoms with Crippen LogP contribution in [0.15, 0.2) is 42.7 Å². The summed E-state index contributed by atoms with van der Waals surface area (Å²) in [6.45, 7) is 0. The summed E-state index contributed by atoms with van der Waals surface area (Å²) in [6, 6.07) is 9.29. The lowest BCUT2D eigenvalue weighted by molar-refractivity contribution is 0.466. The van der Waals surface area contributed by atoms with Crippen LogP contribution < -0.4 is 4.74 Å². The zero-order chi connectivity index (χ0) is 14.1. The third-order valence-corrected chi connectivity index (χ3v) is 3.19. The third kappa shape index (κ3) is 2.53. The van der Waals surface area contributed by atoms with Gasteiger partial charge in [0, 0.05) is 11.1 Å². The molecule has 0 saturated heterocycles.